The SMILES string of the molecule is C=CCSc1ccccc1NC(=O)c1ccc(SCc2csc(C)n2)cc1. The van der Waals surface area contributed by atoms with Gasteiger partial charge in [0, 0.05) is 32.2 Å². The Bertz CT molecular complexity index is 919. The highest BCUT2D eigenvalue weighted by Gasteiger charge is 2.09. The molecule has 1 aromatic heterocycles. The molecule has 3 rings (SSSR count). The van der Waals surface area contributed by atoms with E-state index in [4.69, 9.17) is 0 Å². The van der Waals surface area contributed by atoms with Crippen LogP contribution in [-0.2, 0) is 5.75 Å². The highest BCUT2D eigenvalue weighted by Crippen LogP contribution is 2.28. The van der Waals surface area contributed by atoms with Gasteiger partial charge in [0.1, 0.15) is 0 Å². The first-order valence-electron chi connectivity index (χ1n) is 8.43. The van der Waals surface area contributed by atoms with Crippen LogP contribution in [0.15, 0.2) is 76.4 Å². The average molecular weight is 413 g/mol. The summed E-state index contributed by atoms with van der Waals surface area (Å²) in [5, 5.41) is 6.18. The van der Waals surface area contributed by atoms with Gasteiger partial charge in [0.15, 0.2) is 0 Å². The van der Waals surface area contributed by atoms with Crippen LogP contribution < -0.4 is 5.32 Å². The molecule has 0 saturated carbocycles. The van der Waals surface area contributed by atoms with Crippen LogP contribution >= 0.6 is 34.9 Å². The molecule has 0 spiro atoms. The van der Waals surface area contributed by atoms with Gasteiger partial charge < -0.3 is 5.32 Å². The van der Waals surface area contributed by atoms with Crippen molar-refractivity contribution in [2.24, 2.45) is 0 Å². The summed E-state index contributed by atoms with van der Waals surface area (Å²) < 4.78 is 0. The maximum Gasteiger partial charge on any atom is 0.255 e. The third-order valence-corrected chi connectivity index (χ3v) is 6.60. The summed E-state index contributed by atoms with van der Waals surface area (Å²) in [6.07, 6.45) is 1.85. The molecule has 0 aliphatic carbocycles. The molecule has 0 fully saturated rings. The number of anilines is 1. The van der Waals surface area contributed by atoms with Crippen LogP contribution in [0, 0.1) is 6.92 Å². The summed E-state index contributed by atoms with van der Waals surface area (Å²) in [6, 6.07) is 15.5. The Balaban J connectivity index is 1.61. The molecule has 3 nitrogen and oxygen atoms in total. The van der Waals surface area contributed by atoms with Crippen molar-refractivity contribution in [3.8, 4) is 0 Å². The number of benzene rings is 2. The fourth-order valence-corrected chi connectivity index (χ4v) is 4.63. The summed E-state index contributed by atoms with van der Waals surface area (Å²) >= 11 is 5.04. The highest BCUT2D eigenvalue weighted by molar-refractivity contribution is 7.99. The summed E-state index contributed by atoms with van der Waals surface area (Å²) in [4.78, 5) is 19.2. The lowest BCUT2D eigenvalue weighted by Gasteiger charge is -2.10. The third kappa shape index (κ3) is 5.73. The van der Waals surface area contributed by atoms with Gasteiger partial charge in [-0.05, 0) is 43.3 Å². The first-order chi connectivity index (χ1) is 13.2. The molecule has 1 N–H and O–H groups in total. The Morgan fingerprint density at radius 3 is 2.67 bits per heavy atom. The van der Waals surface area contributed by atoms with E-state index in [0.717, 1.165) is 37.7 Å². The number of aromatic nitrogens is 1. The highest BCUT2D eigenvalue weighted by atomic mass is 32.2. The van der Waals surface area contributed by atoms with Gasteiger partial charge in [-0.3, -0.25) is 4.79 Å². The second kappa shape index (κ2) is 9.78. The Labute approximate surface area is 172 Å². The Morgan fingerprint density at radius 1 is 1.19 bits per heavy atom. The molecule has 0 aliphatic heterocycles. The van der Waals surface area contributed by atoms with E-state index in [1.54, 1.807) is 34.9 Å². The van der Waals surface area contributed by atoms with Crippen molar-refractivity contribution < 1.29 is 4.79 Å². The number of thioether (sulfide) groups is 2. The summed E-state index contributed by atoms with van der Waals surface area (Å²) in [5.41, 5.74) is 2.57. The zero-order chi connectivity index (χ0) is 19.1. The van der Waals surface area contributed by atoms with Gasteiger partial charge in [0.05, 0.1) is 16.4 Å². The van der Waals surface area contributed by atoms with Gasteiger partial charge in [0.2, 0.25) is 0 Å². The van der Waals surface area contributed by atoms with E-state index in [9.17, 15) is 4.79 Å². The van der Waals surface area contributed by atoms with Crippen LogP contribution in [0.5, 0.6) is 0 Å². The van der Waals surface area contributed by atoms with Crippen molar-refractivity contribution in [3.05, 3.63) is 82.8 Å². The number of thiazole rings is 1. The van der Waals surface area contributed by atoms with Crippen LogP contribution in [0.1, 0.15) is 21.1 Å². The zero-order valence-electron chi connectivity index (χ0n) is 15.0. The third-order valence-electron chi connectivity index (χ3n) is 3.66. The number of amides is 1. The molecule has 1 amide bonds. The van der Waals surface area contributed by atoms with Crippen LogP contribution in [0.2, 0.25) is 0 Å². The minimum atomic E-state index is -0.103. The van der Waals surface area contributed by atoms with Crippen LogP contribution in [0.25, 0.3) is 0 Å². The van der Waals surface area contributed by atoms with Gasteiger partial charge in [-0.15, -0.1) is 41.4 Å². The number of aryl methyl sites for hydroxylation is 1. The first kappa shape index (κ1) is 19.7. The van der Waals surface area contributed by atoms with E-state index in [0.29, 0.717) is 5.56 Å². The molecule has 0 bridgehead atoms. The Hall–Kier alpha value is -2.02. The molecule has 0 atom stereocenters. The molecular weight excluding hydrogens is 392 g/mol. The fraction of sp³-hybridized carbons (Fsp3) is 0.143. The van der Waals surface area contributed by atoms with Crippen molar-refractivity contribution in [3.63, 3.8) is 0 Å². The minimum Gasteiger partial charge on any atom is -0.321 e. The molecule has 27 heavy (non-hydrogen) atoms. The second-order valence-corrected chi connectivity index (χ2v) is 8.89. The van der Waals surface area contributed by atoms with Crippen molar-refractivity contribution in [1.82, 2.24) is 4.98 Å². The largest absolute Gasteiger partial charge is 0.321 e. The molecule has 0 radical (unpaired) electrons. The number of rotatable bonds is 8. The van der Waals surface area contributed by atoms with Gasteiger partial charge >= 0.3 is 0 Å². The standard InChI is InChI=1S/C21H20N2OS3/c1-3-12-25-20-7-5-4-6-19(20)23-21(24)16-8-10-18(11-9-16)27-14-17-13-26-15(2)22-17/h3-11,13H,1,12,14H2,2H3,(H,23,24). The van der Waals surface area contributed by atoms with E-state index in [1.807, 2.05) is 61.5 Å². The lowest BCUT2D eigenvalue weighted by atomic mass is 10.2. The number of para-hydroxylation sites is 1. The minimum absolute atomic E-state index is 0.103. The van der Waals surface area contributed by atoms with E-state index in [1.165, 1.54) is 0 Å². The van der Waals surface area contributed by atoms with Gasteiger partial charge in [-0.25, -0.2) is 4.98 Å². The summed E-state index contributed by atoms with van der Waals surface area (Å²) in [7, 11) is 0. The maximum absolute atomic E-state index is 12.6. The number of hydrogen-bond donors (Lipinski definition) is 1. The van der Waals surface area contributed by atoms with Gasteiger partial charge in [-0.1, -0.05) is 18.2 Å². The molecule has 1 heterocycles. The van der Waals surface area contributed by atoms with Gasteiger partial charge in [0.25, 0.3) is 5.91 Å². The van der Waals surface area contributed by atoms with Crippen molar-refractivity contribution in [2.75, 3.05) is 11.1 Å². The molecule has 2 aromatic carbocycles. The van der Waals surface area contributed by atoms with E-state index in [-0.39, 0.29) is 5.91 Å². The molecule has 0 unspecified atom stereocenters. The van der Waals surface area contributed by atoms with Crippen LogP contribution in [-0.4, -0.2) is 16.6 Å². The van der Waals surface area contributed by atoms with Gasteiger partial charge in [-0.2, -0.15) is 0 Å². The summed E-state index contributed by atoms with van der Waals surface area (Å²) in [6.45, 7) is 5.76. The topological polar surface area (TPSA) is 42.0 Å². The molecule has 0 aliphatic rings. The smallest absolute Gasteiger partial charge is 0.255 e. The number of carbonyl (C=O) groups excluding carboxylic acids is 1. The van der Waals surface area contributed by atoms with E-state index in [2.05, 4.69) is 22.3 Å². The molecule has 3 aromatic rings. The Morgan fingerprint density at radius 2 is 1.96 bits per heavy atom. The molecule has 138 valence electrons. The number of hydrogen-bond acceptors (Lipinski definition) is 5. The normalized spacial score (nSPS) is 10.6. The number of carbonyl (C=O) groups is 1. The monoisotopic (exact) mass is 412 g/mol. The van der Waals surface area contributed by atoms with Crippen LogP contribution in [0.4, 0.5) is 5.69 Å². The second-order valence-electron chi connectivity index (χ2n) is 5.72. The molecule has 0 saturated heterocycles. The Kier molecular flexibility index (Phi) is 7.15. The maximum atomic E-state index is 12.6. The lowest BCUT2D eigenvalue weighted by molar-refractivity contribution is 0.102. The van der Waals surface area contributed by atoms with E-state index < -0.39 is 0 Å². The molecular formula is C21H20N2OS3. The van der Waals surface area contributed by atoms with E-state index >= 15 is 0 Å². The lowest BCUT2D eigenvalue weighted by Crippen LogP contribution is -2.12. The van der Waals surface area contributed by atoms with Crippen molar-refractivity contribution in [1.29, 1.82) is 0 Å². The summed E-state index contributed by atoms with van der Waals surface area (Å²) in [5.74, 6) is 1.54. The predicted molar refractivity (Wildman–Crippen MR) is 118 cm³/mol. The van der Waals surface area contributed by atoms with Crippen molar-refractivity contribution in [2.45, 2.75) is 22.5 Å². The molecule has 6 heteroatoms. The zero-order valence-corrected chi connectivity index (χ0v) is 17.4. The van der Waals surface area contributed by atoms with Crippen LogP contribution in [0.3, 0.4) is 0 Å². The predicted octanol–water partition coefficient (Wildman–Crippen LogP) is 6.27. The number of nitrogens with one attached hydrogen (secondary N) is 1. The fourth-order valence-electron chi connectivity index (χ4n) is 2.37. The first-order valence-corrected chi connectivity index (χ1v) is 11.3. The van der Waals surface area contributed by atoms with Crippen molar-refractivity contribution >= 4 is 46.5 Å². The average Bonchev–Trinajstić information content (AvgIpc) is 3.11. The number of nitrogens with zero attached hydrogens (tertiary/aromatic N) is 1. The quantitative estimate of drug-likeness (QED) is 0.349.